The zero-order chi connectivity index (χ0) is 57.1. The Balaban J connectivity index is 4.02. The molecule has 0 aromatic carbocycles. The fraction of sp³-hybridized carbons (Fsp3) is 0.932. The monoisotopic (exact) mass is 1110 g/mol. The van der Waals surface area contributed by atoms with Crippen LogP contribution in [0, 0.1) is 0 Å². The summed E-state index contributed by atoms with van der Waals surface area (Å²) in [5.41, 5.74) is 0. The van der Waals surface area contributed by atoms with Crippen molar-refractivity contribution in [1.82, 2.24) is 0 Å². The first-order chi connectivity index (χ1) is 39.0. The molecule has 0 bridgehead atoms. The molecule has 0 fully saturated rings. The van der Waals surface area contributed by atoms with Crippen molar-refractivity contribution in [1.29, 1.82) is 0 Å². The first-order valence-electron chi connectivity index (χ1n) is 36.2. The van der Waals surface area contributed by atoms with Crippen LogP contribution in [0.4, 0.5) is 0 Å². The van der Waals surface area contributed by atoms with E-state index >= 15 is 0 Å². The Bertz CT molecular complexity index is 1230. The van der Waals surface area contributed by atoms with E-state index in [-0.39, 0.29) is 31.1 Å². The second kappa shape index (κ2) is 68.6. The SMILES string of the molecule is CCCCCCCCCC/C=C\CCCCCCCCCCCCCCCCCCCC(=O)OCC(COC(=O)CCCCCCCCCC)OC(=O)CCCCCCCCCCCCCCCCCCCCCCCCCC. The van der Waals surface area contributed by atoms with Gasteiger partial charge in [-0.3, -0.25) is 14.4 Å². The summed E-state index contributed by atoms with van der Waals surface area (Å²) >= 11 is 0. The molecule has 1 unspecified atom stereocenters. The minimum Gasteiger partial charge on any atom is -0.462 e. The van der Waals surface area contributed by atoms with E-state index < -0.39 is 6.10 Å². The number of unbranched alkanes of at least 4 members (excludes halogenated alkanes) is 55. The summed E-state index contributed by atoms with van der Waals surface area (Å²) in [5.74, 6) is -0.833. The molecule has 0 saturated heterocycles. The maximum Gasteiger partial charge on any atom is 0.306 e. The summed E-state index contributed by atoms with van der Waals surface area (Å²) in [6, 6.07) is 0. The molecule has 0 amide bonds. The highest BCUT2D eigenvalue weighted by atomic mass is 16.6. The van der Waals surface area contributed by atoms with Crippen LogP contribution in [0.3, 0.4) is 0 Å². The number of hydrogen-bond donors (Lipinski definition) is 0. The van der Waals surface area contributed by atoms with Crippen molar-refractivity contribution >= 4 is 17.9 Å². The number of ether oxygens (including phenoxy) is 3. The molecule has 79 heavy (non-hydrogen) atoms. The lowest BCUT2D eigenvalue weighted by Gasteiger charge is -2.18. The number of allylic oxidation sites excluding steroid dienone is 2. The van der Waals surface area contributed by atoms with Crippen LogP contribution in [0.2, 0.25) is 0 Å². The van der Waals surface area contributed by atoms with Gasteiger partial charge in [-0.2, -0.15) is 0 Å². The van der Waals surface area contributed by atoms with Crippen LogP contribution in [0.5, 0.6) is 0 Å². The molecule has 0 aliphatic carbocycles. The molecule has 6 heteroatoms. The average molecular weight is 1110 g/mol. The van der Waals surface area contributed by atoms with E-state index in [1.54, 1.807) is 0 Å². The number of hydrogen-bond acceptors (Lipinski definition) is 6. The predicted octanol–water partition coefficient (Wildman–Crippen LogP) is 24.8. The van der Waals surface area contributed by atoms with E-state index in [0.717, 1.165) is 57.8 Å². The Hall–Kier alpha value is -1.85. The second-order valence-electron chi connectivity index (χ2n) is 24.9. The van der Waals surface area contributed by atoms with Gasteiger partial charge in [0, 0.05) is 19.3 Å². The summed E-state index contributed by atoms with van der Waals surface area (Å²) in [5, 5.41) is 0. The second-order valence-corrected chi connectivity index (χ2v) is 24.9. The van der Waals surface area contributed by atoms with Gasteiger partial charge < -0.3 is 14.2 Å². The molecule has 0 radical (unpaired) electrons. The molecule has 6 nitrogen and oxygen atoms in total. The lowest BCUT2D eigenvalue weighted by molar-refractivity contribution is -0.167. The lowest BCUT2D eigenvalue weighted by atomic mass is 10.0. The Kier molecular flexibility index (Phi) is 67.0. The Morgan fingerprint density at radius 3 is 0.633 bits per heavy atom. The number of rotatable bonds is 68. The molecule has 0 N–H and O–H groups in total. The van der Waals surface area contributed by atoms with Gasteiger partial charge in [0.15, 0.2) is 6.10 Å². The molecule has 0 rings (SSSR count). The van der Waals surface area contributed by atoms with Gasteiger partial charge in [-0.05, 0) is 44.9 Å². The third-order valence-corrected chi connectivity index (χ3v) is 16.8. The summed E-state index contributed by atoms with van der Waals surface area (Å²) in [6.07, 6.45) is 82.8. The smallest absolute Gasteiger partial charge is 0.306 e. The standard InChI is InChI=1S/C73H140O6/c1-4-7-10-13-16-19-21-23-25-27-29-31-33-35-36-37-38-39-41-42-44-46-48-50-52-54-57-60-63-66-72(75)78-69-70(68-77-71(74)65-62-59-56-18-15-12-9-6-3)79-73(76)67-64-61-58-55-53-51-49-47-45-43-40-34-32-30-28-26-24-22-20-17-14-11-8-5-2/h27,29,70H,4-26,28,30-69H2,1-3H3/b29-27-. The van der Waals surface area contributed by atoms with E-state index in [0.29, 0.717) is 19.3 Å². The van der Waals surface area contributed by atoms with E-state index in [4.69, 9.17) is 14.2 Å². The molecule has 0 aromatic rings. The van der Waals surface area contributed by atoms with Crippen LogP contribution in [0.1, 0.15) is 419 Å². The predicted molar refractivity (Wildman–Crippen MR) is 344 cm³/mol. The maximum atomic E-state index is 12.9. The van der Waals surface area contributed by atoms with Crippen molar-refractivity contribution in [2.75, 3.05) is 13.2 Å². The lowest BCUT2D eigenvalue weighted by Crippen LogP contribution is -2.30. The Morgan fingerprint density at radius 2 is 0.418 bits per heavy atom. The molecule has 0 saturated carbocycles. The average Bonchev–Trinajstić information content (AvgIpc) is 3.45. The molecular formula is C73H140O6. The van der Waals surface area contributed by atoms with Gasteiger partial charge in [0.25, 0.3) is 0 Å². The molecule has 0 aliphatic rings. The molecule has 0 heterocycles. The fourth-order valence-corrected chi connectivity index (χ4v) is 11.3. The zero-order valence-corrected chi connectivity index (χ0v) is 53.9. The van der Waals surface area contributed by atoms with Crippen molar-refractivity contribution in [2.24, 2.45) is 0 Å². The van der Waals surface area contributed by atoms with Gasteiger partial charge >= 0.3 is 17.9 Å². The first kappa shape index (κ1) is 77.2. The maximum absolute atomic E-state index is 12.9. The van der Waals surface area contributed by atoms with E-state index in [1.165, 1.54) is 321 Å². The molecule has 0 aliphatic heterocycles. The van der Waals surface area contributed by atoms with Crippen molar-refractivity contribution in [3.8, 4) is 0 Å². The van der Waals surface area contributed by atoms with Gasteiger partial charge in [0.2, 0.25) is 0 Å². The number of esters is 3. The Morgan fingerprint density at radius 1 is 0.241 bits per heavy atom. The normalized spacial score (nSPS) is 12.0. The van der Waals surface area contributed by atoms with E-state index in [1.807, 2.05) is 0 Å². The summed E-state index contributed by atoms with van der Waals surface area (Å²) < 4.78 is 16.9. The van der Waals surface area contributed by atoms with Crippen molar-refractivity contribution < 1.29 is 28.6 Å². The number of carbonyl (C=O) groups excluding carboxylic acids is 3. The fourth-order valence-electron chi connectivity index (χ4n) is 11.3. The van der Waals surface area contributed by atoms with Crippen LogP contribution in [-0.4, -0.2) is 37.2 Å². The first-order valence-corrected chi connectivity index (χ1v) is 36.2. The highest BCUT2D eigenvalue weighted by molar-refractivity contribution is 5.71. The van der Waals surface area contributed by atoms with Crippen molar-refractivity contribution in [3.63, 3.8) is 0 Å². The van der Waals surface area contributed by atoms with Crippen LogP contribution in [-0.2, 0) is 28.6 Å². The molecule has 468 valence electrons. The van der Waals surface area contributed by atoms with Gasteiger partial charge in [0.05, 0.1) is 0 Å². The molecule has 0 spiro atoms. The van der Waals surface area contributed by atoms with Gasteiger partial charge in [-0.25, -0.2) is 0 Å². The van der Waals surface area contributed by atoms with E-state index in [2.05, 4.69) is 32.9 Å². The molecular weight excluding hydrogens is 973 g/mol. The highest BCUT2D eigenvalue weighted by Crippen LogP contribution is 2.19. The highest BCUT2D eigenvalue weighted by Gasteiger charge is 2.19. The van der Waals surface area contributed by atoms with Crippen molar-refractivity contribution in [3.05, 3.63) is 12.2 Å². The minimum atomic E-state index is -0.764. The quantitative estimate of drug-likeness (QED) is 0.0261. The summed E-state index contributed by atoms with van der Waals surface area (Å²) in [4.78, 5) is 38.2. The molecule has 1 atom stereocenters. The summed E-state index contributed by atoms with van der Waals surface area (Å²) in [6.45, 7) is 6.70. The summed E-state index contributed by atoms with van der Waals surface area (Å²) in [7, 11) is 0. The van der Waals surface area contributed by atoms with Crippen molar-refractivity contribution in [2.45, 2.75) is 425 Å². The van der Waals surface area contributed by atoms with Gasteiger partial charge in [-0.15, -0.1) is 0 Å². The van der Waals surface area contributed by atoms with Gasteiger partial charge in [-0.1, -0.05) is 367 Å². The zero-order valence-electron chi connectivity index (χ0n) is 53.9. The van der Waals surface area contributed by atoms with Crippen LogP contribution < -0.4 is 0 Å². The topological polar surface area (TPSA) is 78.9 Å². The third-order valence-electron chi connectivity index (χ3n) is 16.8. The minimum absolute atomic E-state index is 0.0627. The van der Waals surface area contributed by atoms with Gasteiger partial charge in [0.1, 0.15) is 13.2 Å². The molecule has 0 aromatic heterocycles. The number of carbonyl (C=O) groups is 3. The van der Waals surface area contributed by atoms with Crippen LogP contribution in [0.25, 0.3) is 0 Å². The van der Waals surface area contributed by atoms with Crippen LogP contribution >= 0.6 is 0 Å². The third kappa shape index (κ3) is 66.8. The van der Waals surface area contributed by atoms with Crippen LogP contribution in [0.15, 0.2) is 12.2 Å². The Labute approximate surface area is 494 Å². The largest absolute Gasteiger partial charge is 0.462 e. The van der Waals surface area contributed by atoms with E-state index in [9.17, 15) is 14.4 Å².